The number of halogens is 1. The molecule has 0 heterocycles. The summed E-state index contributed by atoms with van der Waals surface area (Å²) < 4.78 is 0. The maximum Gasteiger partial charge on any atom is 0.0642 e. The quantitative estimate of drug-likeness (QED) is 0.824. The summed E-state index contributed by atoms with van der Waals surface area (Å²) in [6.45, 7) is 7.28. The second-order valence-electron chi connectivity index (χ2n) is 5.64. The summed E-state index contributed by atoms with van der Waals surface area (Å²) in [5.41, 5.74) is 2.47. The zero-order valence-corrected chi connectivity index (χ0v) is 13.5. The number of hydrogen-bond acceptors (Lipinski definition) is 2. The van der Waals surface area contributed by atoms with E-state index in [0.717, 1.165) is 24.7 Å². The second-order valence-corrected chi connectivity index (χ2v) is 6.05. The van der Waals surface area contributed by atoms with E-state index in [-0.39, 0.29) is 0 Å². The van der Waals surface area contributed by atoms with Crippen LogP contribution in [0.3, 0.4) is 0 Å². The van der Waals surface area contributed by atoms with Gasteiger partial charge in [-0.15, -0.1) is 0 Å². The number of hydrogen-bond donors (Lipinski definition) is 1. The smallest absolute Gasteiger partial charge is 0.0642 e. The lowest BCUT2D eigenvalue weighted by molar-refractivity contribution is 0.418. The normalized spacial score (nSPS) is 16.4. The minimum Gasteiger partial charge on any atom is -0.368 e. The monoisotopic (exact) mass is 294 g/mol. The van der Waals surface area contributed by atoms with Crippen molar-refractivity contribution in [3.63, 3.8) is 0 Å². The minimum atomic E-state index is 0.672. The van der Waals surface area contributed by atoms with Crippen molar-refractivity contribution in [1.29, 1.82) is 0 Å². The molecule has 1 aromatic carbocycles. The molecule has 1 fully saturated rings. The average Bonchev–Trinajstić information content (AvgIpc) is 2.49. The first-order valence-corrected chi connectivity index (χ1v) is 8.39. The lowest BCUT2D eigenvalue weighted by atomic mass is 9.93. The molecule has 2 nitrogen and oxygen atoms in total. The average molecular weight is 295 g/mol. The molecule has 1 N–H and O–H groups in total. The van der Waals surface area contributed by atoms with Crippen molar-refractivity contribution in [2.45, 2.75) is 58.5 Å². The van der Waals surface area contributed by atoms with E-state index in [0.29, 0.717) is 6.04 Å². The lowest BCUT2D eigenvalue weighted by Crippen LogP contribution is -2.36. The molecule has 0 radical (unpaired) electrons. The molecule has 1 saturated carbocycles. The summed E-state index contributed by atoms with van der Waals surface area (Å²) in [7, 11) is 0. The Morgan fingerprint density at radius 1 is 1.20 bits per heavy atom. The number of benzene rings is 1. The van der Waals surface area contributed by atoms with E-state index in [1.807, 2.05) is 0 Å². The van der Waals surface area contributed by atoms with Gasteiger partial charge in [0, 0.05) is 19.1 Å². The van der Waals surface area contributed by atoms with Gasteiger partial charge in [-0.05, 0) is 44.0 Å². The molecule has 3 heteroatoms. The SMILES string of the molecule is CCNCc1ccc(N(CC)C2CCCCC2)c(Cl)c1. The van der Waals surface area contributed by atoms with E-state index in [1.165, 1.54) is 43.4 Å². The van der Waals surface area contributed by atoms with Crippen LogP contribution < -0.4 is 10.2 Å². The highest BCUT2D eigenvalue weighted by molar-refractivity contribution is 6.33. The van der Waals surface area contributed by atoms with Gasteiger partial charge >= 0.3 is 0 Å². The van der Waals surface area contributed by atoms with Crippen LogP contribution in [0.2, 0.25) is 5.02 Å². The Bertz CT molecular complexity index is 413. The zero-order chi connectivity index (χ0) is 14.4. The summed E-state index contributed by atoms with van der Waals surface area (Å²) in [6.07, 6.45) is 6.73. The van der Waals surface area contributed by atoms with Crippen molar-refractivity contribution in [1.82, 2.24) is 5.32 Å². The maximum absolute atomic E-state index is 6.53. The summed E-state index contributed by atoms with van der Waals surface area (Å²) >= 11 is 6.53. The molecule has 0 atom stereocenters. The van der Waals surface area contributed by atoms with Gasteiger partial charge < -0.3 is 10.2 Å². The van der Waals surface area contributed by atoms with Gasteiger partial charge in [-0.2, -0.15) is 0 Å². The van der Waals surface area contributed by atoms with Gasteiger partial charge in [0.25, 0.3) is 0 Å². The van der Waals surface area contributed by atoms with E-state index in [9.17, 15) is 0 Å². The fourth-order valence-corrected chi connectivity index (χ4v) is 3.49. The molecular formula is C17H27ClN2. The third-order valence-corrected chi connectivity index (χ3v) is 4.56. The molecule has 0 amide bonds. The van der Waals surface area contributed by atoms with Crippen LogP contribution in [-0.2, 0) is 6.54 Å². The molecular weight excluding hydrogens is 268 g/mol. The molecule has 2 rings (SSSR count). The molecule has 0 aromatic heterocycles. The third-order valence-electron chi connectivity index (χ3n) is 4.26. The number of nitrogens with one attached hydrogen (secondary N) is 1. The highest BCUT2D eigenvalue weighted by atomic mass is 35.5. The second kappa shape index (κ2) is 7.90. The van der Waals surface area contributed by atoms with Gasteiger partial charge in [-0.1, -0.05) is 43.9 Å². The fraction of sp³-hybridized carbons (Fsp3) is 0.647. The van der Waals surface area contributed by atoms with Crippen molar-refractivity contribution in [3.8, 4) is 0 Å². The molecule has 1 aliphatic rings. The van der Waals surface area contributed by atoms with Crippen molar-refractivity contribution in [2.24, 2.45) is 0 Å². The van der Waals surface area contributed by atoms with Crippen LogP contribution in [0.25, 0.3) is 0 Å². The molecule has 1 aliphatic carbocycles. The first-order valence-electron chi connectivity index (χ1n) is 8.02. The first-order chi connectivity index (χ1) is 9.76. The van der Waals surface area contributed by atoms with Gasteiger partial charge in [-0.25, -0.2) is 0 Å². The predicted octanol–water partition coefficient (Wildman–Crippen LogP) is 4.61. The highest BCUT2D eigenvalue weighted by Crippen LogP contribution is 2.32. The molecule has 112 valence electrons. The molecule has 20 heavy (non-hydrogen) atoms. The summed E-state index contributed by atoms with van der Waals surface area (Å²) in [4.78, 5) is 2.50. The number of rotatable bonds is 6. The Labute approximate surface area is 128 Å². The van der Waals surface area contributed by atoms with E-state index in [1.54, 1.807) is 0 Å². The van der Waals surface area contributed by atoms with E-state index >= 15 is 0 Å². The highest BCUT2D eigenvalue weighted by Gasteiger charge is 2.21. The Balaban J connectivity index is 2.12. The Hall–Kier alpha value is -0.730. The van der Waals surface area contributed by atoms with Gasteiger partial charge in [0.2, 0.25) is 0 Å². The molecule has 1 aromatic rings. The molecule has 0 bridgehead atoms. The Kier molecular flexibility index (Phi) is 6.18. The van der Waals surface area contributed by atoms with Crippen LogP contribution in [0.5, 0.6) is 0 Å². The van der Waals surface area contributed by atoms with Crippen molar-refractivity contribution in [3.05, 3.63) is 28.8 Å². The van der Waals surface area contributed by atoms with Crippen LogP contribution in [0, 0.1) is 0 Å². The van der Waals surface area contributed by atoms with Crippen LogP contribution in [0.15, 0.2) is 18.2 Å². The summed E-state index contributed by atoms with van der Waals surface area (Å²) in [5, 5.41) is 4.24. The standard InChI is InChI=1S/C17H27ClN2/c1-3-19-13-14-10-11-17(16(18)12-14)20(4-2)15-8-6-5-7-9-15/h10-12,15,19H,3-9,13H2,1-2H3. The van der Waals surface area contributed by atoms with Crippen LogP contribution >= 0.6 is 11.6 Å². The van der Waals surface area contributed by atoms with Gasteiger partial charge in [0.1, 0.15) is 0 Å². The van der Waals surface area contributed by atoms with Gasteiger partial charge in [-0.3, -0.25) is 0 Å². The zero-order valence-electron chi connectivity index (χ0n) is 12.8. The third kappa shape index (κ3) is 3.89. The van der Waals surface area contributed by atoms with Crippen LogP contribution in [0.4, 0.5) is 5.69 Å². The number of anilines is 1. The topological polar surface area (TPSA) is 15.3 Å². The molecule has 0 spiro atoms. The van der Waals surface area contributed by atoms with Crippen LogP contribution in [0.1, 0.15) is 51.5 Å². The van der Waals surface area contributed by atoms with E-state index < -0.39 is 0 Å². The molecule has 0 aliphatic heterocycles. The fourth-order valence-electron chi connectivity index (χ4n) is 3.18. The van der Waals surface area contributed by atoms with Gasteiger partial charge in [0.05, 0.1) is 10.7 Å². The lowest BCUT2D eigenvalue weighted by Gasteiger charge is -2.36. The van der Waals surface area contributed by atoms with Crippen molar-refractivity contribution >= 4 is 17.3 Å². The van der Waals surface area contributed by atoms with Crippen molar-refractivity contribution in [2.75, 3.05) is 18.0 Å². The minimum absolute atomic E-state index is 0.672. The van der Waals surface area contributed by atoms with Crippen molar-refractivity contribution < 1.29 is 0 Å². The van der Waals surface area contributed by atoms with Gasteiger partial charge in [0.15, 0.2) is 0 Å². The Morgan fingerprint density at radius 3 is 2.55 bits per heavy atom. The predicted molar refractivity (Wildman–Crippen MR) is 88.7 cm³/mol. The van der Waals surface area contributed by atoms with Crippen LogP contribution in [-0.4, -0.2) is 19.1 Å². The Morgan fingerprint density at radius 2 is 1.95 bits per heavy atom. The summed E-state index contributed by atoms with van der Waals surface area (Å²) in [6, 6.07) is 7.19. The number of nitrogens with zero attached hydrogens (tertiary/aromatic N) is 1. The maximum atomic E-state index is 6.53. The van der Waals surface area contributed by atoms with E-state index in [2.05, 4.69) is 42.3 Å². The molecule has 0 unspecified atom stereocenters. The van der Waals surface area contributed by atoms with E-state index in [4.69, 9.17) is 11.6 Å². The molecule has 0 saturated heterocycles. The largest absolute Gasteiger partial charge is 0.368 e. The summed E-state index contributed by atoms with van der Waals surface area (Å²) in [5.74, 6) is 0. The first kappa shape index (κ1) is 15.7.